The summed E-state index contributed by atoms with van der Waals surface area (Å²) in [6, 6.07) is 7.49. The number of piperidine rings is 1. The van der Waals surface area contributed by atoms with E-state index in [1.807, 2.05) is 24.3 Å². The normalized spacial score (nSPS) is 16.9. The van der Waals surface area contributed by atoms with E-state index in [0.717, 1.165) is 5.56 Å². The third kappa shape index (κ3) is 3.09. The molecule has 1 aromatic rings. The Labute approximate surface area is 107 Å². The van der Waals surface area contributed by atoms with Crippen LogP contribution in [0, 0.1) is 0 Å². The molecule has 1 aromatic carbocycles. The lowest BCUT2D eigenvalue weighted by molar-refractivity contribution is 0.0546. The van der Waals surface area contributed by atoms with Gasteiger partial charge in [-0.25, -0.2) is 0 Å². The number of aliphatic hydroxyl groups is 1. The fourth-order valence-corrected chi connectivity index (χ4v) is 2.16. The van der Waals surface area contributed by atoms with Gasteiger partial charge in [0.15, 0.2) is 0 Å². The van der Waals surface area contributed by atoms with Crippen molar-refractivity contribution in [2.24, 2.45) is 0 Å². The van der Waals surface area contributed by atoms with E-state index >= 15 is 0 Å². The fraction of sp³-hybridized carbons (Fsp3) is 0.500. The van der Waals surface area contributed by atoms with Crippen molar-refractivity contribution in [3.8, 4) is 0 Å². The summed E-state index contributed by atoms with van der Waals surface area (Å²) in [5.41, 5.74) is 1.76. The molecule has 0 spiro atoms. The minimum atomic E-state index is -0.252. The molecule has 4 nitrogen and oxygen atoms in total. The third-order valence-corrected chi connectivity index (χ3v) is 3.26. The molecule has 4 heteroatoms. The third-order valence-electron chi connectivity index (χ3n) is 3.26. The van der Waals surface area contributed by atoms with Crippen molar-refractivity contribution in [3.05, 3.63) is 35.4 Å². The first-order chi connectivity index (χ1) is 8.70. The Balaban J connectivity index is 2.00. The summed E-state index contributed by atoms with van der Waals surface area (Å²) in [7, 11) is 1.65. The first-order valence-corrected chi connectivity index (χ1v) is 6.26. The lowest BCUT2D eigenvalue weighted by atomic mass is 10.1. The summed E-state index contributed by atoms with van der Waals surface area (Å²) in [6.07, 6.45) is 1.10. The van der Waals surface area contributed by atoms with E-state index in [2.05, 4.69) is 0 Å². The number of nitrogens with zero attached hydrogens (tertiary/aromatic N) is 1. The summed E-state index contributed by atoms with van der Waals surface area (Å²) in [5, 5.41) is 9.42. The largest absolute Gasteiger partial charge is 0.393 e. The van der Waals surface area contributed by atoms with Gasteiger partial charge in [-0.05, 0) is 30.5 Å². The molecule has 1 aliphatic heterocycles. The Morgan fingerprint density at radius 2 is 1.94 bits per heavy atom. The number of aliphatic hydroxyl groups excluding tert-OH is 1. The second-order valence-corrected chi connectivity index (χ2v) is 4.65. The van der Waals surface area contributed by atoms with Crippen molar-refractivity contribution in [3.63, 3.8) is 0 Å². The zero-order valence-electron chi connectivity index (χ0n) is 10.6. The number of carbonyl (C=O) groups excluding carboxylic acids is 1. The van der Waals surface area contributed by atoms with Crippen molar-refractivity contribution in [1.29, 1.82) is 0 Å². The molecule has 1 amide bonds. The number of amides is 1. The topological polar surface area (TPSA) is 49.8 Å². The van der Waals surface area contributed by atoms with E-state index in [1.165, 1.54) is 0 Å². The maximum Gasteiger partial charge on any atom is 0.253 e. The Kier molecular flexibility index (Phi) is 4.33. The van der Waals surface area contributed by atoms with Crippen molar-refractivity contribution in [1.82, 2.24) is 4.90 Å². The molecule has 0 saturated carbocycles. The molecule has 2 rings (SSSR count). The van der Waals surface area contributed by atoms with Crippen LogP contribution < -0.4 is 0 Å². The molecular formula is C14H19NO3. The van der Waals surface area contributed by atoms with Gasteiger partial charge >= 0.3 is 0 Å². The summed E-state index contributed by atoms with van der Waals surface area (Å²) in [5.74, 6) is 0.0471. The monoisotopic (exact) mass is 249 g/mol. The smallest absolute Gasteiger partial charge is 0.253 e. The number of likely N-dealkylation sites (tertiary alicyclic amines) is 1. The Morgan fingerprint density at radius 1 is 1.33 bits per heavy atom. The van der Waals surface area contributed by atoms with Gasteiger partial charge in [-0.15, -0.1) is 0 Å². The van der Waals surface area contributed by atoms with Crippen LogP contribution in [0.4, 0.5) is 0 Å². The van der Waals surface area contributed by atoms with Crippen LogP contribution >= 0.6 is 0 Å². The summed E-state index contributed by atoms with van der Waals surface area (Å²) in [4.78, 5) is 14.0. The highest BCUT2D eigenvalue weighted by Gasteiger charge is 2.21. The Hall–Kier alpha value is -1.39. The zero-order valence-corrected chi connectivity index (χ0v) is 10.6. The number of ether oxygens (including phenoxy) is 1. The summed E-state index contributed by atoms with van der Waals surface area (Å²) < 4.78 is 5.03. The summed E-state index contributed by atoms with van der Waals surface area (Å²) >= 11 is 0. The van der Waals surface area contributed by atoms with Crippen LogP contribution in [0.25, 0.3) is 0 Å². The molecule has 98 valence electrons. The molecular weight excluding hydrogens is 230 g/mol. The van der Waals surface area contributed by atoms with Crippen LogP contribution in [-0.4, -0.2) is 42.2 Å². The molecule has 0 atom stereocenters. The lowest BCUT2D eigenvalue weighted by Gasteiger charge is -2.29. The quantitative estimate of drug-likeness (QED) is 0.881. The van der Waals surface area contributed by atoms with Gasteiger partial charge in [0.1, 0.15) is 0 Å². The molecule has 0 radical (unpaired) electrons. The molecule has 1 saturated heterocycles. The van der Waals surface area contributed by atoms with E-state index in [4.69, 9.17) is 4.74 Å². The van der Waals surface area contributed by atoms with E-state index in [0.29, 0.717) is 38.1 Å². The van der Waals surface area contributed by atoms with Gasteiger partial charge in [-0.3, -0.25) is 4.79 Å². The van der Waals surface area contributed by atoms with Crippen LogP contribution in [0.5, 0.6) is 0 Å². The molecule has 1 N–H and O–H groups in total. The molecule has 0 unspecified atom stereocenters. The van der Waals surface area contributed by atoms with Gasteiger partial charge in [0.05, 0.1) is 12.7 Å². The molecule has 18 heavy (non-hydrogen) atoms. The molecule has 0 aromatic heterocycles. The van der Waals surface area contributed by atoms with Gasteiger partial charge in [0.2, 0.25) is 0 Å². The molecule has 1 heterocycles. The van der Waals surface area contributed by atoms with Gasteiger partial charge in [0, 0.05) is 25.8 Å². The maximum atomic E-state index is 12.2. The second-order valence-electron chi connectivity index (χ2n) is 4.65. The standard InChI is InChI=1S/C14H19NO3/c1-18-10-11-2-4-12(5-3-11)14(17)15-8-6-13(16)7-9-15/h2-5,13,16H,6-10H2,1H3. The molecule has 0 bridgehead atoms. The second kappa shape index (κ2) is 5.98. The van der Waals surface area contributed by atoms with Gasteiger partial charge < -0.3 is 14.7 Å². The number of methoxy groups -OCH3 is 1. The van der Waals surface area contributed by atoms with E-state index < -0.39 is 0 Å². The van der Waals surface area contributed by atoms with Crippen LogP contribution in [-0.2, 0) is 11.3 Å². The van der Waals surface area contributed by atoms with Gasteiger partial charge in [-0.1, -0.05) is 12.1 Å². The van der Waals surface area contributed by atoms with E-state index in [1.54, 1.807) is 12.0 Å². The lowest BCUT2D eigenvalue weighted by Crippen LogP contribution is -2.40. The molecule has 0 aliphatic carbocycles. The fourth-order valence-electron chi connectivity index (χ4n) is 2.16. The SMILES string of the molecule is COCc1ccc(C(=O)N2CCC(O)CC2)cc1. The highest BCUT2D eigenvalue weighted by molar-refractivity contribution is 5.94. The first kappa shape index (κ1) is 13.1. The van der Waals surface area contributed by atoms with E-state index in [-0.39, 0.29) is 12.0 Å². The minimum absolute atomic E-state index is 0.0471. The van der Waals surface area contributed by atoms with E-state index in [9.17, 15) is 9.90 Å². The van der Waals surface area contributed by atoms with Crippen LogP contribution in [0.1, 0.15) is 28.8 Å². The Bertz CT molecular complexity index is 394. The van der Waals surface area contributed by atoms with Crippen LogP contribution in [0.3, 0.4) is 0 Å². The predicted molar refractivity (Wildman–Crippen MR) is 68.3 cm³/mol. The number of carbonyl (C=O) groups is 1. The number of hydrogen-bond donors (Lipinski definition) is 1. The van der Waals surface area contributed by atoms with Gasteiger partial charge in [0.25, 0.3) is 5.91 Å². The number of rotatable bonds is 3. The number of benzene rings is 1. The van der Waals surface area contributed by atoms with Crippen molar-refractivity contribution >= 4 is 5.91 Å². The van der Waals surface area contributed by atoms with Crippen molar-refractivity contribution < 1.29 is 14.6 Å². The first-order valence-electron chi connectivity index (χ1n) is 6.26. The average Bonchev–Trinajstić information content (AvgIpc) is 2.40. The maximum absolute atomic E-state index is 12.2. The minimum Gasteiger partial charge on any atom is -0.393 e. The van der Waals surface area contributed by atoms with Crippen LogP contribution in [0.15, 0.2) is 24.3 Å². The Morgan fingerprint density at radius 3 is 2.50 bits per heavy atom. The van der Waals surface area contributed by atoms with Crippen molar-refractivity contribution in [2.45, 2.75) is 25.6 Å². The zero-order chi connectivity index (χ0) is 13.0. The highest BCUT2D eigenvalue weighted by atomic mass is 16.5. The predicted octanol–water partition coefficient (Wildman–Crippen LogP) is 1.43. The van der Waals surface area contributed by atoms with Gasteiger partial charge in [-0.2, -0.15) is 0 Å². The summed E-state index contributed by atoms with van der Waals surface area (Å²) in [6.45, 7) is 1.84. The molecule has 1 fully saturated rings. The van der Waals surface area contributed by atoms with Crippen LogP contribution in [0.2, 0.25) is 0 Å². The highest BCUT2D eigenvalue weighted by Crippen LogP contribution is 2.14. The average molecular weight is 249 g/mol. The van der Waals surface area contributed by atoms with Crippen molar-refractivity contribution in [2.75, 3.05) is 20.2 Å². The number of hydrogen-bond acceptors (Lipinski definition) is 3. The molecule has 1 aliphatic rings.